The van der Waals surface area contributed by atoms with Gasteiger partial charge in [-0.25, -0.2) is 4.79 Å². The van der Waals surface area contributed by atoms with Gasteiger partial charge in [-0.05, 0) is 46.3 Å². The van der Waals surface area contributed by atoms with E-state index in [9.17, 15) is 9.59 Å². The molecular formula is C14H10Br2N2O3. The molecule has 0 atom stereocenters. The Morgan fingerprint density at radius 2 is 1.81 bits per heavy atom. The maximum absolute atomic E-state index is 11.7. The van der Waals surface area contributed by atoms with Crippen LogP contribution in [0.3, 0.4) is 0 Å². The predicted molar refractivity (Wildman–Crippen MR) is 85.0 cm³/mol. The van der Waals surface area contributed by atoms with Crippen LogP contribution in [0.1, 0.15) is 10.4 Å². The number of halogens is 2. The van der Waals surface area contributed by atoms with Crippen LogP contribution in [0.2, 0.25) is 0 Å². The third kappa shape index (κ3) is 4.95. The Morgan fingerprint density at radius 3 is 2.48 bits per heavy atom. The quantitative estimate of drug-likeness (QED) is 0.780. The Hall–Kier alpha value is -1.73. The Morgan fingerprint density at radius 1 is 1.10 bits per heavy atom. The van der Waals surface area contributed by atoms with Gasteiger partial charge in [-0.15, -0.1) is 0 Å². The maximum atomic E-state index is 11.7. The number of pyridine rings is 1. The van der Waals surface area contributed by atoms with Crippen molar-refractivity contribution in [2.24, 2.45) is 0 Å². The zero-order chi connectivity index (χ0) is 15.2. The van der Waals surface area contributed by atoms with E-state index < -0.39 is 11.9 Å². The monoisotopic (exact) mass is 412 g/mol. The van der Waals surface area contributed by atoms with Crippen molar-refractivity contribution in [1.82, 2.24) is 4.98 Å². The van der Waals surface area contributed by atoms with E-state index in [-0.39, 0.29) is 12.2 Å². The lowest BCUT2D eigenvalue weighted by molar-refractivity contribution is -0.119. The number of carbonyl (C=O) groups excluding carboxylic acids is 2. The molecule has 1 amide bonds. The second kappa shape index (κ2) is 7.33. The van der Waals surface area contributed by atoms with E-state index in [0.29, 0.717) is 10.2 Å². The van der Waals surface area contributed by atoms with Gasteiger partial charge in [0.25, 0.3) is 5.91 Å². The van der Waals surface area contributed by atoms with Crippen LogP contribution in [-0.2, 0) is 9.53 Å². The number of carbonyl (C=O) groups is 2. The van der Waals surface area contributed by atoms with Crippen LogP contribution in [-0.4, -0.2) is 23.5 Å². The number of rotatable bonds is 4. The van der Waals surface area contributed by atoms with E-state index in [1.165, 1.54) is 6.20 Å². The summed E-state index contributed by atoms with van der Waals surface area (Å²) < 4.78 is 6.49. The minimum atomic E-state index is -0.602. The molecule has 0 fully saturated rings. The number of benzene rings is 1. The van der Waals surface area contributed by atoms with Crippen LogP contribution in [0, 0.1) is 0 Å². The molecule has 108 valence electrons. The fourth-order valence-corrected chi connectivity index (χ4v) is 2.10. The summed E-state index contributed by atoms with van der Waals surface area (Å²) in [5.41, 5.74) is 0.907. The van der Waals surface area contributed by atoms with Crippen molar-refractivity contribution < 1.29 is 14.3 Å². The summed E-state index contributed by atoms with van der Waals surface area (Å²) >= 11 is 6.51. The van der Waals surface area contributed by atoms with Crippen molar-refractivity contribution in [2.75, 3.05) is 11.9 Å². The van der Waals surface area contributed by atoms with Gasteiger partial charge in [-0.2, -0.15) is 0 Å². The lowest BCUT2D eigenvalue weighted by Gasteiger charge is -2.06. The normalized spacial score (nSPS) is 10.0. The van der Waals surface area contributed by atoms with Crippen molar-refractivity contribution >= 4 is 49.4 Å². The molecule has 2 aromatic rings. The minimum Gasteiger partial charge on any atom is -0.452 e. The number of amides is 1. The standard InChI is InChI=1S/C14H10Br2N2O3/c15-10-1-3-12(4-2-10)18-13(19)8-21-14(20)9-5-11(16)7-17-6-9/h1-7H,8H2,(H,18,19). The van der Waals surface area contributed by atoms with Crippen molar-refractivity contribution in [3.8, 4) is 0 Å². The van der Waals surface area contributed by atoms with Crippen LogP contribution in [0.5, 0.6) is 0 Å². The molecule has 0 aliphatic heterocycles. The van der Waals surface area contributed by atoms with Gasteiger partial charge in [0.05, 0.1) is 5.56 Å². The molecular weight excluding hydrogens is 404 g/mol. The lowest BCUT2D eigenvalue weighted by atomic mass is 10.3. The molecule has 21 heavy (non-hydrogen) atoms. The first kappa shape index (κ1) is 15.7. The topological polar surface area (TPSA) is 68.3 Å². The number of esters is 1. The predicted octanol–water partition coefficient (Wildman–Crippen LogP) is 3.40. The fraction of sp³-hybridized carbons (Fsp3) is 0.0714. The molecule has 0 aliphatic rings. The molecule has 1 N–H and O–H groups in total. The van der Waals surface area contributed by atoms with Crippen LogP contribution < -0.4 is 5.32 Å². The van der Waals surface area contributed by atoms with E-state index in [2.05, 4.69) is 42.2 Å². The van der Waals surface area contributed by atoms with Crippen molar-refractivity contribution in [2.45, 2.75) is 0 Å². The van der Waals surface area contributed by atoms with Gasteiger partial charge in [0.15, 0.2) is 6.61 Å². The maximum Gasteiger partial charge on any atom is 0.340 e. The smallest absolute Gasteiger partial charge is 0.340 e. The van der Waals surface area contributed by atoms with Crippen molar-refractivity contribution in [3.05, 3.63) is 57.2 Å². The average molecular weight is 414 g/mol. The highest BCUT2D eigenvalue weighted by molar-refractivity contribution is 9.10. The molecule has 0 spiro atoms. The number of hydrogen-bond donors (Lipinski definition) is 1. The number of nitrogens with zero attached hydrogens (tertiary/aromatic N) is 1. The van der Waals surface area contributed by atoms with Crippen LogP contribution in [0.25, 0.3) is 0 Å². The third-order valence-corrected chi connectivity index (χ3v) is 3.37. The summed E-state index contributed by atoms with van der Waals surface area (Å²) in [5.74, 6) is -1.01. The molecule has 0 saturated carbocycles. The van der Waals surface area contributed by atoms with E-state index in [1.807, 2.05) is 0 Å². The zero-order valence-corrected chi connectivity index (χ0v) is 13.8. The zero-order valence-electron chi connectivity index (χ0n) is 10.7. The molecule has 1 aromatic carbocycles. The highest BCUT2D eigenvalue weighted by Crippen LogP contribution is 2.14. The van der Waals surface area contributed by atoms with Crippen molar-refractivity contribution in [3.63, 3.8) is 0 Å². The SMILES string of the molecule is O=C(COC(=O)c1cncc(Br)c1)Nc1ccc(Br)cc1. The van der Waals surface area contributed by atoms with Crippen LogP contribution in [0.4, 0.5) is 5.69 Å². The van der Waals surface area contributed by atoms with E-state index in [1.54, 1.807) is 36.5 Å². The molecule has 0 aliphatic carbocycles. The summed E-state index contributed by atoms with van der Waals surface area (Å²) in [7, 11) is 0. The second-order valence-electron chi connectivity index (χ2n) is 4.02. The Kier molecular flexibility index (Phi) is 5.46. The molecule has 0 saturated heterocycles. The Bertz CT molecular complexity index is 660. The molecule has 1 heterocycles. The summed E-state index contributed by atoms with van der Waals surface area (Å²) in [4.78, 5) is 27.3. The number of aromatic nitrogens is 1. The first-order valence-corrected chi connectivity index (χ1v) is 7.46. The Labute approximate surface area is 138 Å². The highest BCUT2D eigenvalue weighted by atomic mass is 79.9. The molecule has 0 unspecified atom stereocenters. The largest absolute Gasteiger partial charge is 0.452 e. The van der Waals surface area contributed by atoms with Gasteiger partial charge >= 0.3 is 5.97 Å². The summed E-state index contributed by atoms with van der Waals surface area (Å²) in [5, 5.41) is 2.63. The summed E-state index contributed by atoms with van der Waals surface area (Å²) in [6.07, 6.45) is 2.93. The Balaban J connectivity index is 1.86. The summed E-state index contributed by atoms with van der Waals surface area (Å²) in [6, 6.07) is 8.65. The minimum absolute atomic E-state index is 0.279. The molecule has 2 rings (SSSR count). The highest BCUT2D eigenvalue weighted by Gasteiger charge is 2.11. The molecule has 0 radical (unpaired) electrons. The molecule has 5 nitrogen and oxygen atoms in total. The lowest BCUT2D eigenvalue weighted by Crippen LogP contribution is -2.20. The van der Waals surface area contributed by atoms with E-state index >= 15 is 0 Å². The molecule has 7 heteroatoms. The first-order valence-electron chi connectivity index (χ1n) is 5.88. The van der Waals surface area contributed by atoms with Crippen LogP contribution in [0.15, 0.2) is 51.7 Å². The van der Waals surface area contributed by atoms with E-state index in [4.69, 9.17) is 4.74 Å². The van der Waals surface area contributed by atoms with Gasteiger partial charge in [0.2, 0.25) is 0 Å². The number of ether oxygens (including phenoxy) is 1. The number of hydrogen-bond acceptors (Lipinski definition) is 4. The average Bonchev–Trinajstić information content (AvgIpc) is 2.47. The molecule has 1 aromatic heterocycles. The van der Waals surface area contributed by atoms with Gasteiger partial charge in [0.1, 0.15) is 0 Å². The number of nitrogens with one attached hydrogen (secondary N) is 1. The summed E-state index contributed by atoms with van der Waals surface area (Å²) in [6.45, 7) is -0.360. The van der Waals surface area contributed by atoms with E-state index in [0.717, 1.165) is 4.47 Å². The van der Waals surface area contributed by atoms with Gasteiger partial charge < -0.3 is 10.1 Å². The van der Waals surface area contributed by atoms with Gasteiger partial charge in [-0.3, -0.25) is 9.78 Å². The first-order chi connectivity index (χ1) is 10.0. The van der Waals surface area contributed by atoms with Gasteiger partial charge in [0, 0.05) is 27.0 Å². The third-order valence-electron chi connectivity index (χ3n) is 2.40. The second-order valence-corrected chi connectivity index (χ2v) is 5.85. The van der Waals surface area contributed by atoms with Crippen LogP contribution >= 0.6 is 31.9 Å². The van der Waals surface area contributed by atoms with Gasteiger partial charge in [-0.1, -0.05) is 15.9 Å². The number of anilines is 1. The van der Waals surface area contributed by atoms with Crippen molar-refractivity contribution in [1.29, 1.82) is 0 Å². The fourth-order valence-electron chi connectivity index (χ4n) is 1.47. The molecule has 0 bridgehead atoms.